The first kappa shape index (κ1) is 33.7. The molecule has 246 valence electrons. The maximum absolute atomic E-state index is 14.1. The smallest absolute Gasteiger partial charge is 0.407 e. The van der Waals surface area contributed by atoms with E-state index >= 15 is 0 Å². The van der Waals surface area contributed by atoms with Crippen LogP contribution in [0, 0.1) is 11.8 Å². The zero-order chi connectivity index (χ0) is 32.1. The van der Waals surface area contributed by atoms with Gasteiger partial charge in [-0.15, -0.1) is 0 Å². The second-order valence-corrected chi connectivity index (χ2v) is 15.8. The Morgan fingerprint density at radius 2 is 1.91 bits per heavy atom. The van der Waals surface area contributed by atoms with E-state index in [1.165, 1.54) is 10.4 Å². The molecule has 0 radical (unpaired) electrons. The lowest BCUT2D eigenvalue weighted by molar-refractivity contribution is -0.0907. The number of aromatic nitrogens is 1. The standard InChI is InChI=1S/C32H43N3O8S2/c1-20(2)16-35(45(38,39)23-10-11-29-25(15-23)27(34-43-29)19-44-21(3)4)17-28(36)26(14-22-8-6-5-7-9-22)33-32(37)42-30-18-41-31-24(30)12-13-40-31/h5-11,15,20-21,24,26,28,30-31,36H,12-14,16-19H2,1-4H3,(H,33,37)/t24-,26-,28+,30?,31+/m0/s1. The number of hydrogen-bond donors (Lipinski definition) is 2. The molecule has 13 heteroatoms. The van der Waals surface area contributed by atoms with Gasteiger partial charge in [-0.25, -0.2) is 13.2 Å². The quantitative estimate of drug-likeness (QED) is 0.252. The van der Waals surface area contributed by atoms with Crippen LogP contribution in [0.1, 0.15) is 45.4 Å². The summed E-state index contributed by atoms with van der Waals surface area (Å²) in [6.45, 7) is 8.72. The number of hydrogen-bond acceptors (Lipinski definition) is 10. The largest absolute Gasteiger partial charge is 0.443 e. The second-order valence-electron chi connectivity index (χ2n) is 12.3. The highest BCUT2D eigenvalue weighted by atomic mass is 32.2. The van der Waals surface area contributed by atoms with E-state index < -0.39 is 34.4 Å². The number of aliphatic hydroxyl groups excluding tert-OH is 1. The summed E-state index contributed by atoms with van der Waals surface area (Å²) >= 11 is 1.69. The van der Waals surface area contributed by atoms with Crippen LogP contribution in [-0.2, 0) is 36.4 Å². The maximum atomic E-state index is 14.1. The molecule has 5 atom stereocenters. The summed E-state index contributed by atoms with van der Waals surface area (Å²) < 4.78 is 51.8. The fraction of sp³-hybridized carbons (Fsp3) is 0.562. The van der Waals surface area contributed by atoms with Gasteiger partial charge in [-0.05, 0) is 47.8 Å². The molecule has 0 saturated carbocycles. The van der Waals surface area contributed by atoms with Crippen molar-refractivity contribution in [2.75, 3.05) is 26.3 Å². The van der Waals surface area contributed by atoms with Crippen molar-refractivity contribution in [2.45, 2.75) is 81.0 Å². The number of amides is 1. The van der Waals surface area contributed by atoms with Gasteiger partial charge in [-0.2, -0.15) is 16.1 Å². The number of nitrogens with zero attached hydrogens (tertiary/aromatic N) is 2. The van der Waals surface area contributed by atoms with Gasteiger partial charge in [0.05, 0.1) is 36.2 Å². The molecule has 2 aromatic carbocycles. The average molecular weight is 662 g/mol. The van der Waals surface area contributed by atoms with E-state index in [-0.39, 0.29) is 49.1 Å². The lowest BCUT2D eigenvalue weighted by Gasteiger charge is -2.31. The Kier molecular flexibility index (Phi) is 11.1. The van der Waals surface area contributed by atoms with Gasteiger partial charge in [0.2, 0.25) is 10.0 Å². The summed E-state index contributed by atoms with van der Waals surface area (Å²) in [5, 5.41) is 19.6. The Morgan fingerprint density at radius 3 is 2.64 bits per heavy atom. The number of aliphatic hydroxyl groups is 1. The molecule has 2 fully saturated rings. The molecule has 3 aromatic rings. The van der Waals surface area contributed by atoms with Crippen molar-refractivity contribution in [1.82, 2.24) is 14.8 Å². The lowest BCUT2D eigenvalue weighted by Crippen LogP contribution is -2.51. The van der Waals surface area contributed by atoms with Crippen LogP contribution >= 0.6 is 11.8 Å². The molecule has 0 bridgehead atoms. The molecular weight excluding hydrogens is 618 g/mol. The molecule has 2 saturated heterocycles. The van der Waals surface area contributed by atoms with Gasteiger partial charge in [0.15, 0.2) is 11.9 Å². The predicted molar refractivity (Wildman–Crippen MR) is 171 cm³/mol. The van der Waals surface area contributed by atoms with Crippen molar-refractivity contribution in [3.05, 3.63) is 59.8 Å². The van der Waals surface area contributed by atoms with E-state index in [1.807, 2.05) is 44.2 Å². The van der Waals surface area contributed by atoms with E-state index in [0.29, 0.717) is 34.3 Å². The highest BCUT2D eigenvalue weighted by molar-refractivity contribution is 7.99. The van der Waals surface area contributed by atoms with Crippen molar-refractivity contribution in [3.63, 3.8) is 0 Å². The summed E-state index contributed by atoms with van der Waals surface area (Å²) in [6.07, 6.45) is -1.76. The highest BCUT2D eigenvalue weighted by Crippen LogP contribution is 2.33. The Morgan fingerprint density at radius 1 is 1.13 bits per heavy atom. The topological polar surface area (TPSA) is 140 Å². The van der Waals surface area contributed by atoms with Gasteiger partial charge in [-0.1, -0.05) is 63.2 Å². The Bertz CT molecular complexity index is 1530. The minimum Gasteiger partial charge on any atom is -0.443 e. The van der Waals surface area contributed by atoms with Crippen molar-refractivity contribution < 1.29 is 37.1 Å². The van der Waals surface area contributed by atoms with E-state index in [0.717, 1.165) is 12.0 Å². The first-order valence-electron chi connectivity index (χ1n) is 15.4. The summed E-state index contributed by atoms with van der Waals surface area (Å²) in [7, 11) is -4.05. The van der Waals surface area contributed by atoms with Crippen LogP contribution in [0.3, 0.4) is 0 Å². The molecule has 1 unspecified atom stereocenters. The number of carbonyl (C=O) groups is 1. The normalized spacial score (nSPS) is 21.5. The van der Waals surface area contributed by atoms with Gasteiger partial charge in [0.1, 0.15) is 11.8 Å². The summed E-state index contributed by atoms with van der Waals surface area (Å²) in [5.74, 6) is 0.526. The zero-order valence-corrected chi connectivity index (χ0v) is 27.8. The van der Waals surface area contributed by atoms with Gasteiger partial charge in [0, 0.05) is 24.2 Å². The van der Waals surface area contributed by atoms with E-state index in [4.69, 9.17) is 18.7 Å². The van der Waals surface area contributed by atoms with Crippen molar-refractivity contribution in [3.8, 4) is 0 Å². The van der Waals surface area contributed by atoms with Gasteiger partial charge >= 0.3 is 6.09 Å². The molecule has 2 N–H and O–H groups in total. The first-order chi connectivity index (χ1) is 21.5. The number of sulfonamides is 1. The zero-order valence-electron chi connectivity index (χ0n) is 26.1. The predicted octanol–water partition coefficient (Wildman–Crippen LogP) is 4.58. The number of rotatable bonds is 14. The van der Waals surface area contributed by atoms with E-state index in [1.54, 1.807) is 23.9 Å². The molecule has 0 aliphatic carbocycles. The van der Waals surface area contributed by atoms with Crippen molar-refractivity contribution in [2.24, 2.45) is 11.8 Å². The number of ether oxygens (including phenoxy) is 3. The number of carbonyl (C=O) groups excluding carboxylic acids is 1. The van der Waals surface area contributed by atoms with Gasteiger partial charge in [-0.3, -0.25) is 0 Å². The van der Waals surface area contributed by atoms with Crippen molar-refractivity contribution >= 4 is 38.8 Å². The van der Waals surface area contributed by atoms with Crippen LogP contribution in [0.2, 0.25) is 0 Å². The average Bonchev–Trinajstić information content (AvgIpc) is 3.73. The molecule has 5 rings (SSSR count). The molecular formula is C32H43N3O8S2. The molecule has 1 aromatic heterocycles. The minimum atomic E-state index is -4.05. The fourth-order valence-corrected chi connectivity index (χ4v) is 8.01. The van der Waals surface area contributed by atoms with Gasteiger partial charge < -0.3 is 29.2 Å². The highest BCUT2D eigenvalue weighted by Gasteiger charge is 2.44. The van der Waals surface area contributed by atoms with Crippen LogP contribution < -0.4 is 5.32 Å². The Hall–Kier alpha value is -2.68. The minimum absolute atomic E-state index is 0.0289. The SMILES string of the molecule is CC(C)CN(C[C@@H](O)[C@H](Cc1ccccc1)NC(=O)OC1CO[C@H]2OCC[C@@H]12)S(=O)(=O)c1ccc2onc(CSC(C)C)c2c1. The van der Waals surface area contributed by atoms with E-state index in [9.17, 15) is 18.3 Å². The number of alkyl carbamates (subject to hydrolysis) is 1. The second kappa shape index (κ2) is 14.8. The lowest BCUT2D eigenvalue weighted by atomic mass is 10.0. The monoisotopic (exact) mass is 661 g/mol. The summed E-state index contributed by atoms with van der Waals surface area (Å²) in [5.41, 5.74) is 2.07. The van der Waals surface area contributed by atoms with Crippen LogP contribution in [0.15, 0.2) is 57.9 Å². The summed E-state index contributed by atoms with van der Waals surface area (Å²) in [6, 6.07) is 13.3. The third-order valence-electron chi connectivity index (χ3n) is 7.98. The maximum Gasteiger partial charge on any atom is 0.407 e. The van der Waals surface area contributed by atoms with Gasteiger partial charge in [0.25, 0.3) is 0 Å². The Labute approximate surface area is 269 Å². The van der Waals surface area contributed by atoms with Crippen molar-refractivity contribution in [1.29, 1.82) is 0 Å². The van der Waals surface area contributed by atoms with Crippen LogP contribution in [0.25, 0.3) is 11.0 Å². The molecule has 2 aliphatic rings. The Balaban J connectivity index is 1.36. The van der Waals surface area contributed by atoms with Crippen LogP contribution in [0.5, 0.6) is 0 Å². The molecule has 11 nitrogen and oxygen atoms in total. The molecule has 2 aliphatic heterocycles. The number of nitrogens with one attached hydrogen (secondary N) is 1. The van der Waals surface area contributed by atoms with Crippen LogP contribution in [-0.4, -0.2) is 85.2 Å². The third-order valence-corrected chi connectivity index (χ3v) is 10.9. The van der Waals surface area contributed by atoms with Crippen LogP contribution in [0.4, 0.5) is 4.79 Å². The third kappa shape index (κ3) is 8.38. The van der Waals surface area contributed by atoms with E-state index in [2.05, 4.69) is 24.3 Å². The first-order valence-corrected chi connectivity index (χ1v) is 17.9. The number of benzene rings is 2. The fourth-order valence-electron chi connectivity index (χ4n) is 5.66. The molecule has 1 amide bonds. The molecule has 45 heavy (non-hydrogen) atoms. The number of fused-ring (bicyclic) bond motifs is 2. The number of thioether (sulfide) groups is 1. The summed E-state index contributed by atoms with van der Waals surface area (Å²) in [4.78, 5) is 13.2. The molecule has 0 spiro atoms. The molecule has 3 heterocycles.